The summed E-state index contributed by atoms with van der Waals surface area (Å²) in [5, 5.41) is 9.63. The molecule has 13 aromatic rings. The summed E-state index contributed by atoms with van der Waals surface area (Å²) in [7, 11) is 0. The summed E-state index contributed by atoms with van der Waals surface area (Å²) in [6.45, 7) is 4.25. The van der Waals surface area contributed by atoms with Crippen LogP contribution in [0.25, 0.3) is 126 Å². The van der Waals surface area contributed by atoms with Crippen LogP contribution < -0.4 is 0 Å². The lowest BCUT2D eigenvalue weighted by Crippen LogP contribution is -2.01. The highest BCUT2D eigenvalue weighted by Crippen LogP contribution is 2.43. The molecule has 13 rings (SSSR count). The van der Waals surface area contributed by atoms with Crippen LogP contribution in [0.1, 0.15) is 20.3 Å². The average Bonchev–Trinajstić information content (AvgIpc) is 4.03. The minimum Gasteiger partial charge on any atom is -0.456 e. The predicted molar refractivity (Wildman–Crippen MR) is 270 cm³/mol. The number of hydrogen-bond acceptors (Lipinski definition) is 5. The van der Waals surface area contributed by atoms with Crippen LogP contribution in [0.15, 0.2) is 199 Å². The number of nitrogens with zero attached hydrogens (tertiary/aromatic N) is 4. The van der Waals surface area contributed by atoms with E-state index in [0.29, 0.717) is 17.5 Å². The van der Waals surface area contributed by atoms with Crippen molar-refractivity contribution in [2.75, 3.05) is 0 Å². The maximum Gasteiger partial charge on any atom is 0.164 e. The van der Waals surface area contributed by atoms with Crippen molar-refractivity contribution in [2.24, 2.45) is 0 Å². The van der Waals surface area contributed by atoms with E-state index >= 15 is 0 Å². The number of rotatable bonds is 5. The van der Waals surface area contributed by atoms with Crippen LogP contribution in [0, 0.1) is 0 Å². The maximum absolute atomic E-state index is 6.30. The molecule has 0 unspecified atom stereocenters. The largest absolute Gasteiger partial charge is 0.456 e. The van der Waals surface area contributed by atoms with Crippen LogP contribution in [0.5, 0.6) is 0 Å². The van der Waals surface area contributed by atoms with Gasteiger partial charge in [0.15, 0.2) is 17.5 Å². The van der Waals surface area contributed by atoms with Crippen molar-refractivity contribution >= 4 is 86.0 Å². The average molecular weight is 841 g/mol. The third kappa shape index (κ3) is 6.25. The van der Waals surface area contributed by atoms with Crippen molar-refractivity contribution in [1.82, 2.24) is 19.5 Å². The van der Waals surface area contributed by atoms with Crippen molar-refractivity contribution in [2.45, 2.75) is 20.3 Å². The molecule has 5 nitrogen and oxygen atoms in total. The summed E-state index contributed by atoms with van der Waals surface area (Å²) >= 11 is 1.85. The third-order valence-corrected chi connectivity index (χ3v) is 13.2. The Kier molecular flexibility index (Phi) is 9.13. The summed E-state index contributed by atoms with van der Waals surface area (Å²) < 4.78 is 11.3. The highest BCUT2D eigenvalue weighted by Gasteiger charge is 2.21. The van der Waals surface area contributed by atoms with Crippen molar-refractivity contribution in [3.63, 3.8) is 0 Å². The topological polar surface area (TPSA) is 56.7 Å². The molecule has 304 valence electrons. The fourth-order valence-electron chi connectivity index (χ4n) is 9.23. The number of benzene rings is 9. The summed E-state index contributed by atoms with van der Waals surface area (Å²) in [6.07, 6.45) is 1.25. The second-order valence-electron chi connectivity index (χ2n) is 16.3. The number of hydrogen-bond donors (Lipinski definition) is 0. The molecule has 4 aromatic heterocycles. The van der Waals surface area contributed by atoms with Gasteiger partial charge in [0.1, 0.15) is 11.2 Å². The molecule has 0 spiro atoms. The fraction of sp³-hybridized carbons (Fsp3) is 0.0517. The normalized spacial score (nSPS) is 11.7. The van der Waals surface area contributed by atoms with Crippen molar-refractivity contribution in [3.05, 3.63) is 194 Å². The second-order valence-corrected chi connectivity index (χ2v) is 17.3. The molecule has 9 aromatic carbocycles. The summed E-state index contributed by atoms with van der Waals surface area (Å²) in [4.78, 5) is 15.4. The standard InChI is InChI=1S/C55H32N4OS.C3H8/c1-2-13-34(14-3-1)53-56-54(58-55(57-53)37-25-27-42-41-18-6-8-22-47(41)60-48(42)31-37)36-15-10-16-38(30-36)59-46-29-26-33-12-4-5-17-39(33)51(46)45-21-11-20-40(52(45)59)35-24-28-44-43-19-7-9-23-49(43)61-50(44)32-35;1-3-2/h1-32H;3H2,1-2H3. The molecule has 0 aliphatic carbocycles. The zero-order valence-electron chi connectivity index (χ0n) is 35.3. The van der Waals surface area contributed by atoms with E-state index in [1.165, 1.54) is 59.3 Å². The quantitative estimate of drug-likeness (QED) is 0.173. The van der Waals surface area contributed by atoms with Gasteiger partial charge in [-0.05, 0) is 64.9 Å². The molecule has 0 aliphatic rings. The van der Waals surface area contributed by atoms with E-state index in [-0.39, 0.29) is 0 Å². The molecule has 0 atom stereocenters. The molecule has 0 saturated heterocycles. The maximum atomic E-state index is 6.30. The van der Waals surface area contributed by atoms with Gasteiger partial charge in [0.2, 0.25) is 0 Å². The Balaban J connectivity index is 0.00000141. The Hall–Kier alpha value is -7.93. The molecular weight excluding hydrogens is 801 g/mol. The Morgan fingerprint density at radius 3 is 1.89 bits per heavy atom. The number of para-hydroxylation sites is 2. The molecule has 0 N–H and O–H groups in total. The monoisotopic (exact) mass is 840 g/mol. The van der Waals surface area contributed by atoms with Gasteiger partial charge in [-0.25, -0.2) is 15.0 Å². The molecular formula is C58H40N4OS. The lowest BCUT2D eigenvalue weighted by molar-refractivity contribution is 0.669. The van der Waals surface area contributed by atoms with Crippen LogP contribution in [-0.4, -0.2) is 19.5 Å². The first kappa shape index (κ1) is 37.8. The van der Waals surface area contributed by atoms with Gasteiger partial charge in [-0.15, -0.1) is 11.3 Å². The van der Waals surface area contributed by atoms with E-state index in [9.17, 15) is 0 Å². The van der Waals surface area contributed by atoms with Gasteiger partial charge < -0.3 is 8.98 Å². The van der Waals surface area contributed by atoms with E-state index in [2.05, 4.69) is 158 Å². The lowest BCUT2D eigenvalue weighted by Gasteiger charge is -2.14. The highest BCUT2D eigenvalue weighted by molar-refractivity contribution is 7.25. The third-order valence-electron chi connectivity index (χ3n) is 12.0. The van der Waals surface area contributed by atoms with Crippen molar-refractivity contribution in [1.29, 1.82) is 0 Å². The van der Waals surface area contributed by atoms with Gasteiger partial charge in [-0.1, -0.05) is 166 Å². The zero-order chi connectivity index (χ0) is 42.7. The molecule has 0 bridgehead atoms. The summed E-state index contributed by atoms with van der Waals surface area (Å²) in [5.41, 5.74) is 10.0. The van der Waals surface area contributed by atoms with Crippen LogP contribution in [-0.2, 0) is 0 Å². The smallest absolute Gasteiger partial charge is 0.164 e. The summed E-state index contributed by atoms with van der Waals surface area (Å²) in [5.74, 6) is 1.79. The Morgan fingerprint density at radius 1 is 0.438 bits per heavy atom. The van der Waals surface area contributed by atoms with E-state index in [4.69, 9.17) is 19.4 Å². The van der Waals surface area contributed by atoms with E-state index in [0.717, 1.165) is 55.3 Å². The van der Waals surface area contributed by atoms with Crippen LogP contribution in [0.4, 0.5) is 0 Å². The van der Waals surface area contributed by atoms with Gasteiger partial charge in [0.25, 0.3) is 0 Å². The minimum atomic E-state index is 0.582. The van der Waals surface area contributed by atoms with Gasteiger partial charge >= 0.3 is 0 Å². The number of fused-ring (bicyclic) bond motifs is 11. The first-order chi connectivity index (χ1) is 31.6. The van der Waals surface area contributed by atoms with Gasteiger partial charge in [0, 0.05) is 69.7 Å². The van der Waals surface area contributed by atoms with E-state index in [1.807, 2.05) is 65.9 Å². The Morgan fingerprint density at radius 2 is 1.05 bits per heavy atom. The predicted octanol–water partition coefficient (Wildman–Crippen LogP) is 16.5. The molecule has 64 heavy (non-hydrogen) atoms. The molecule has 0 fully saturated rings. The zero-order valence-corrected chi connectivity index (χ0v) is 36.1. The minimum absolute atomic E-state index is 0.582. The Labute approximate surface area is 373 Å². The Bertz CT molecular complexity index is 3920. The molecule has 4 heterocycles. The SMILES string of the molecule is CCC.c1ccc(-c2nc(-c3cccc(-n4c5ccc6ccccc6c5c5cccc(-c6ccc7c(c6)sc6ccccc67)c54)c3)nc(-c3ccc4c(c3)oc3ccccc34)n2)cc1. The molecule has 6 heteroatoms. The summed E-state index contributed by atoms with van der Waals surface area (Å²) in [6, 6.07) is 68.7. The van der Waals surface area contributed by atoms with Crippen LogP contribution in [0.2, 0.25) is 0 Å². The van der Waals surface area contributed by atoms with Gasteiger partial charge in [0.05, 0.1) is 11.0 Å². The van der Waals surface area contributed by atoms with Gasteiger partial charge in [-0.3, -0.25) is 0 Å². The fourth-order valence-corrected chi connectivity index (χ4v) is 10.4. The van der Waals surface area contributed by atoms with E-state index < -0.39 is 0 Å². The van der Waals surface area contributed by atoms with Crippen LogP contribution in [0.3, 0.4) is 0 Å². The second kappa shape index (κ2) is 15.5. The van der Waals surface area contributed by atoms with E-state index in [1.54, 1.807) is 0 Å². The highest BCUT2D eigenvalue weighted by atomic mass is 32.1. The van der Waals surface area contributed by atoms with Crippen molar-refractivity contribution in [3.8, 4) is 51.0 Å². The number of thiophene rings is 1. The van der Waals surface area contributed by atoms with Gasteiger partial charge in [-0.2, -0.15) is 0 Å². The number of furan rings is 1. The first-order valence-corrected chi connectivity index (χ1v) is 22.7. The molecule has 0 amide bonds. The number of aromatic nitrogens is 4. The van der Waals surface area contributed by atoms with Crippen molar-refractivity contribution < 1.29 is 4.42 Å². The molecule has 0 saturated carbocycles. The first-order valence-electron chi connectivity index (χ1n) is 21.8. The lowest BCUT2D eigenvalue weighted by atomic mass is 9.99. The molecule has 0 aliphatic heterocycles. The molecule has 0 radical (unpaired) electrons. The van der Waals surface area contributed by atoms with Crippen LogP contribution >= 0.6 is 11.3 Å².